The summed E-state index contributed by atoms with van der Waals surface area (Å²) in [6.45, 7) is 3.78. The van der Waals surface area contributed by atoms with Crippen molar-refractivity contribution in [3.8, 4) is 0 Å². The van der Waals surface area contributed by atoms with E-state index in [0.29, 0.717) is 11.6 Å². The summed E-state index contributed by atoms with van der Waals surface area (Å²) < 4.78 is -0.819. The van der Waals surface area contributed by atoms with Gasteiger partial charge in [0.05, 0.1) is 11.6 Å². The number of rotatable bonds is 5. The third-order valence-electron chi connectivity index (χ3n) is 7.48. The molecular formula is C22H27N3O4. The molecule has 0 bridgehead atoms. The molecule has 0 radical (unpaired) electrons. The number of anilines is 1. The Bertz CT molecular complexity index is 948. The van der Waals surface area contributed by atoms with Gasteiger partial charge >= 0.3 is 5.97 Å². The number of benzene rings is 1. The van der Waals surface area contributed by atoms with Gasteiger partial charge < -0.3 is 20.5 Å². The van der Waals surface area contributed by atoms with Gasteiger partial charge in [0, 0.05) is 42.7 Å². The van der Waals surface area contributed by atoms with E-state index >= 15 is 0 Å². The quantitative estimate of drug-likeness (QED) is 0.451. The summed E-state index contributed by atoms with van der Waals surface area (Å²) in [7, 11) is 2.04. The fraction of sp³-hybridized carbons (Fsp3) is 0.545. The van der Waals surface area contributed by atoms with Gasteiger partial charge in [-0.15, -0.1) is 0 Å². The van der Waals surface area contributed by atoms with E-state index in [1.807, 2.05) is 20.0 Å². The predicted molar refractivity (Wildman–Crippen MR) is 111 cm³/mol. The largest absolute Gasteiger partial charge is 0.622 e. The van der Waals surface area contributed by atoms with Gasteiger partial charge in [-0.2, -0.15) is 0 Å². The molecule has 2 aliphatic heterocycles. The zero-order valence-electron chi connectivity index (χ0n) is 16.9. The van der Waals surface area contributed by atoms with E-state index in [2.05, 4.69) is 10.2 Å². The van der Waals surface area contributed by atoms with Crippen LogP contribution in [-0.2, 0) is 4.79 Å². The van der Waals surface area contributed by atoms with Crippen LogP contribution in [0.1, 0.15) is 48.0 Å². The molecule has 3 fully saturated rings. The maximum absolute atomic E-state index is 13.9. The lowest BCUT2D eigenvalue weighted by Crippen LogP contribution is -2.45. The fourth-order valence-electron chi connectivity index (χ4n) is 5.45. The number of nitrogens with zero attached hydrogens (tertiary/aromatic N) is 2. The highest BCUT2D eigenvalue weighted by atomic mass is 16.5. The highest BCUT2D eigenvalue weighted by molar-refractivity contribution is 6.27. The molecular weight excluding hydrogens is 370 g/mol. The second-order valence-electron chi connectivity index (χ2n) is 9.06. The maximum Gasteiger partial charge on any atom is 0.345 e. The van der Waals surface area contributed by atoms with Crippen molar-refractivity contribution in [1.82, 2.24) is 9.96 Å². The van der Waals surface area contributed by atoms with E-state index in [1.54, 1.807) is 6.07 Å². The van der Waals surface area contributed by atoms with Crippen LogP contribution in [0.5, 0.6) is 0 Å². The summed E-state index contributed by atoms with van der Waals surface area (Å²) in [4.78, 5) is 26.7. The van der Waals surface area contributed by atoms with Crippen molar-refractivity contribution < 1.29 is 14.7 Å². The number of hydrogen-bond acceptors (Lipinski definition) is 5. The van der Waals surface area contributed by atoms with Crippen molar-refractivity contribution in [3.63, 3.8) is 0 Å². The SMILES string of the molecule is CNC1([C@@H]2CCN(c3ccc4c(c3C)[N+]([O-])(C3CC3)C=C(C(=O)O)C4=O)C2)CC1. The van der Waals surface area contributed by atoms with Crippen LogP contribution in [0.15, 0.2) is 23.9 Å². The van der Waals surface area contributed by atoms with Crippen LogP contribution in [0.25, 0.3) is 0 Å². The normalized spacial score (nSPS) is 30.2. The van der Waals surface area contributed by atoms with Crippen molar-refractivity contribution in [2.45, 2.75) is 50.6 Å². The highest BCUT2D eigenvalue weighted by Crippen LogP contribution is 2.50. The average Bonchev–Trinajstić information content (AvgIpc) is 3.62. The van der Waals surface area contributed by atoms with Crippen LogP contribution in [-0.4, -0.2) is 48.6 Å². The standard InChI is InChI=1S/C22H27N3O4/c1-13-18(24-10-7-14(11-24)22(23-2)8-9-22)6-5-16-19(13)25(29,15-3-4-15)12-17(20(16)26)21(27)28/h5-6,12,14-15,23H,3-4,7-11H2,1-2H3,(H,27,28)/t14-,25?/m1/s1. The molecule has 2 N–H and O–H groups in total. The number of carboxylic acid groups (broad SMARTS) is 1. The smallest absolute Gasteiger partial charge is 0.345 e. The Kier molecular flexibility index (Phi) is 3.98. The molecule has 1 aromatic carbocycles. The molecule has 2 aliphatic carbocycles. The first-order chi connectivity index (χ1) is 13.8. The van der Waals surface area contributed by atoms with Crippen LogP contribution in [0.4, 0.5) is 11.4 Å². The van der Waals surface area contributed by atoms with Gasteiger partial charge in [0.15, 0.2) is 11.3 Å². The molecule has 2 atom stereocenters. The Morgan fingerprint density at radius 1 is 1.31 bits per heavy atom. The lowest BCUT2D eigenvalue weighted by molar-refractivity contribution is -0.132. The van der Waals surface area contributed by atoms with Crippen molar-refractivity contribution in [2.24, 2.45) is 5.92 Å². The van der Waals surface area contributed by atoms with Crippen LogP contribution in [0.2, 0.25) is 0 Å². The number of hydroxylamine groups is 2. The number of carbonyl (C=O) groups excluding carboxylic acids is 1. The minimum atomic E-state index is -1.33. The number of carboxylic acids is 1. The first kappa shape index (κ1) is 18.8. The highest BCUT2D eigenvalue weighted by Gasteiger charge is 2.51. The molecule has 29 heavy (non-hydrogen) atoms. The Morgan fingerprint density at radius 3 is 2.62 bits per heavy atom. The number of fused-ring (bicyclic) bond motifs is 1. The summed E-state index contributed by atoms with van der Waals surface area (Å²) in [5.41, 5.74) is 2.36. The van der Waals surface area contributed by atoms with Crippen molar-refractivity contribution in [3.05, 3.63) is 40.2 Å². The minimum Gasteiger partial charge on any atom is -0.622 e. The second-order valence-corrected chi connectivity index (χ2v) is 9.06. The monoisotopic (exact) mass is 397 g/mol. The average molecular weight is 397 g/mol. The molecule has 1 aromatic rings. The molecule has 0 aromatic heterocycles. The van der Waals surface area contributed by atoms with Crippen molar-refractivity contribution in [2.75, 3.05) is 25.0 Å². The van der Waals surface area contributed by atoms with Gasteiger partial charge in [0.1, 0.15) is 6.20 Å². The lowest BCUT2D eigenvalue weighted by Gasteiger charge is -2.43. The molecule has 2 heterocycles. The number of ketones is 1. The number of aliphatic carboxylic acids is 1. The van der Waals surface area contributed by atoms with Crippen LogP contribution < -0.4 is 14.9 Å². The Hall–Kier alpha value is -2.22. The molecule has 1 saturated heterocycles. The Labute approximate surface area is 170 Å². The number of nitrogens with one attached hydrogen (secondary N) is 1. The number of hydrogen-bond donors (Lipinski definition) is 2. The van der Waals surface area contributed by atoms with E-state index in [0.717, 1.165) is 49.8 Å². The molecule has 154 valence electrons. The van der Waals surface area contributed by atoms with Gasteiger partial charge in [0.25, 0.3) is 0 Å². The number of Topliss-reactive ketones (excluding diaryl/α,β-unsaturated/α-hetero) is 1. The zero-order chi connectivity index (χ0) is 20.6. The van der Waals surface area contributed by atoms with Crippen LogP contribution >= 0.6 is 0 Å². The first-order valence-corrected chi connectivity index (χ1v) is 10.5. The van der Waals surface area contributed by atoms with Crippen molar-refractivity contribution in [1.29, 1.82) is 0 Å². The third-order valence-corrected chi connectivity index (χ3v) is 7.48. The Balaban J connectivity index is 1.55. The van der Waals surface area contributed by atoms with E-state index in [9.17, 15) is 19.9 Å². The van der Waals surface area contributed by atoms with Gasteiger partial charge in [-0.05, 0) is 51.3 Å². The van der Waals surface area contributed by atoms with Gasteiger partial charge in [-0.25, -0.2) is 4.79 Å². The maximum atomic E-state index is 13.9. The number of carbonyl (C=O) groups is 2. The first-order valence-electron chi connectivity index (χ1n) is 10.5. The predicted octanol–water partition coefficient (Wildman–Crippen LogP) is 2.71. The van der Waals surface area contributed by atoms with E-state index < -0.39 is 22.0 Å². The summed E-state index contributed by atoms with van der Waals surface area (Å²) in [6, 6.07) is 3.37. The summed E-state index contributed by atoms with van der Waals surface area (Å²) >= 11 is 0. The molecule has 4 aliphatic rings. The van der Waals surface area contributed by atoms with E-state index in [-0.39, 0.29) is 17.1 Å². The summed E-state index contributed by atoms with van der Waals surface area (Å²) in [5, 5.41) is 26.8. The molecule has 1 unspecified atom stereocenters. The second kappa shape index (κ2) is 6.14. The fourth-order valence-corrected chi connectivity index (χ4v) is 5.45. The zero-order valence-corrected chi connectivity index (χ0v) is 16.9. The molecule has 0 amide bonds. The summed E-state index contributed by atoms with van der Waals surface area (Å²) in [6.07, 6.45) is 6.17. The van der Waals surface area contributed by atoms with E-state index in [1.165, 1.54) is 12.8 Å². The van der Waals surface area contributed by atoms with E-state index in [4.69, 9.17) is 0 Å². The molecule has 0 spiro atoms. The van der Waals surface area contributed by atoms with Gasteiger partial charge in [0.2, 0.25) is 5.78 Å². The lowest BCUT2D eigenvalue weighted by atomic mass is 9.93. The van der Waals surface area contributed by atoms with Gasteiger partial charge in [-0.3, -0.25) is 9.44 Å². The molecule has 7 heteroatoms. The third kappa shape index (κ3) is 2.68. The Morgan fingerprint density at radius 2 is 2.03 bits per heavy atom. The van der Waals surface area contributed by atoms with Gasteiger partial charge in [-0.1, -0.05) is 0 Å². The van der Waals surface area contributed by atoms with Crippen LogP contribution in [0.3, 0.4) is 0 Å². The minimum absolute atomic E-state index is 0.199. The van der Waals surface area contributed by atoms with Crippen LogP contribution in [0, 0.1) is 18.0 Å². The summed E-state index contributed by atoms with van der Waals surface area (Å²) in [5.74, 6) is -1.30. The molecule has 5 rings (SSSR count). The topological polar surface area (TPSA) is 92.7 Å². The molecule has 2 saturated carbocycles. The molecule has 7 nitrogen and oxygen atoms in total. The van der Waals surface area contributed by atoms with Crippen molar-refractivity contribution >= 4 is 23.1 Å². The number of quaternary nitrogens is 1.